The minimum Gasteiger partial charge on any atom is -0.376 e. The topological polar surface area (TPSA) is 53.5 Å². The van der Waals surface area contributed by atoms with Crippen LogP contribution in [0.25, 0.3) is 0 Å². The van der Waals surface area contributed by atoms with E-state index in [0.717, 1.165) is 22.5 Å². The third kappa shape index (κ3) is 5.75. The predicted octanol–water partition coefficient (Wildman–Crippen LogP) is 4.24. The van der Waals surface area contributed by atoms with Gasteiger partial charge in [0, 0.05) is 5.69 Å². The fourth-order valence-electron chi connectivity index (χ4n) is 2.40. The SMILES string of the molecule is C/C(=N\NC(=O)CNc1cccc(C)c1)c1ccc(C(C)(C)C)cc1. The van der Waals surface area contributed by atoms with E-state index in [1.165, 1.54) is 5.56 Å². The molecule has 1 amide bonds. The molecule has 2 N–H and O–H groups in total. The molecule has 0 radical (unpaired) electrons. The van der Waals surface area contributed by atoms with E-state index in [2.05, 4.69) is 48.7 Å². The van der Waals surface area contributed by atoms with Crippen LogP contribution in [-0.2, 0) is 10.2 Å². The predicted molar refractivity (Wildman–Crippen MR) is 105 cm³/mol. The molecule has 0 heterocycles. The Labute approximate surface area is 150 Å². The minimum absolute atomic E-state index is 0.124. The van der Waals surface area contributed by atoms with Gasteiger partial charge in [-0.05, 0) is 48.1 Å². The summed E-state index contributed by atoms with van der Waals surface area (Å²) < 4.78 is 0. The van der Waals surface area contributed by atoms with E-state index in [-0.39, 0.29) is 17.9 Å². The summed E-state index contributed by atoms with van der Waals surface area (Å²) in [5, 5.41) is 7.28. The molecular formula is C21H27N3O. The molecule has 2 rings (SSSR count). The first-order chi connectivity index (χ1) is 11.8. The van der Waals surface area contributed by atoms with Crippen LogP contribution in [0.1, 0.15) is 44.4 Å². The largest absolute Gasteiger partial charge is 0.376 e. The summed E-state index contributed by atoms with van der Waals surface area (Å²) in [5.41, 5.74) is 7.85. The van der Waals surface area contributed by atoms with Gasteiger partial charge in [-0.15, -0.1) is 0 Å². The van der Waals surface area contributed by atoms with Crippen molar-refractivity contribution < 1.29 is 4.79 Å². The van der Waals surface area contributed by atoms with Crippen molar-refractivity contribution in [3.05, 3.63) is 65.2 Å². The number of carbonyl (C=O) groups excluding carboxylic acids is 1. The summed E-state index contributed by atoms with van der Waals surface area (Å²) >= 11 is 0. The smallest absolute Gasteiger partial charge is 0.259 e. The van der Waals surface area contributed by atoms with E-state index in [9.17, 15) is 4.79 Å². The van der Waals surface area contributed by atoms with Crippen molar-refractivity contribution in [1.82, 2.24) is 5.43 Å². The highest BCUT2D eigenvalue weighted by Crippen LogP contribution is 2.22. The van der Waals surface area contributed by atoms with Gasteiger partial charge >= 0.3 is 0 Å². The number of nitrogens with one attached hydrogen (secondary N) is 2. The van der Waals surface area contributed by atoms with Crippen LogP contribution in [0.4, 0.5) is 5.69 Å². The van der Waals surface area contributed by atoms with E-state index in [1.807, 2.05) is 50.2 Å². The lowest BCUT2D eigenvalue weighted by Gasteiger charge is -2.19. The molecule has 0 saturated carbocycles. The highest BCUT2D eigenvalue weighted by Gasteiger charge is 2.13. The fraction of sp³-hybridized carbons (Fsp3) is 0.333. The van der Waals surface area contributed by atoms with Gasteiger partial charge in [-0.1, -0.05) is 57.2 Å². The second-order valence-corrected chi connectivity index (χ2v) is 7.28. The number of rotatable bonds is 5. The van der Waals surface area contributed by atoms with Crippen LogP contribution in [0.3, 0.4) is 0 Å². The number of anilines is 1. The highest BCUT2D eigenvalue weighted by atomic mass is 16.2. The van der Waals surface area contributed by atoms with Gasteiger partial charge in [-0.2, -0.15) is 5.10 Å². The van der Waals surface area contributed by atoms with Gasteiger partial charge in [0.25, 0.3) is 5.91 Å². The summed E-state index contributed by atoms with van der Waals surface area (Å²) in [7, 11) is 0. The summed E-state index contributed by atoms with van der Waals surface area (Å²) in [6.07, 6.45) is 0. The Morgan fingerprint density at radius 2 is 1.76 bits per heavy atom. The van der Waals surface area contributed by atoms with Crippen LogP contribution in [0.2, 0.25) is 0 Å². The van der Waals surface area contributed by atoms with Crippen molar-refractivity contribution in [2.45, 2.75) is 40.0 Å². The van der Waals surface area contributed by atoms with Crippen molar-refractivity contribution in [2.24, 2.45) is 5.10 Å². The maximum absolute atomic E-state index is 11.9. The first kappa shape index (κ1) is 18.7. The number of hydrogen-bond acceptors (Lipinski definition) is 3. The molecule has 4 nitrogen and oxygen atoms in total. The van der Waals surface area contributed by atoms with Gasteiger partial charge in [-0.3, -0.25) is 4.79 Å². The molecule has 132 valence electrons. The Bertz CT molecular complexity index is 755. The molecule has 0 fully saturated rings. The molecule has 0 spiro atoms. The van der Waals surface area contributed by atoms with E-state index in [4.69, 9.17) is 0 Å². The number of hydrazone groups is 1. The molecule has 0 unspecified atom stereocenters. The van der Waals surface area contributed by atoms with Gasteiger partial charge < -0.3 is 5.32 Å². The molecule has 0 atom stereocenters. The van der Waals surface area contributed by atoms with Gasteiger partial charge in [-0.25, -0.2) is 5.43 Å². The Balaban J connectivity index is 1.90. The summed E-state index contributed by atoms with van der Waals surface area (Å²) in [6.45, 7) is 10.6. The molecule has 0 aliphatic carbocycles. The zero-order valence-electron chi connectivity index (χ0n) is 15.7. The molecule has 25 heavy (non-hydrogen) atoms. The van der Waals surface area contributed by atoms with Crippen LogP contribution in [-0.4, -0.2) is 18.2 Å². The van der Waals surface area contributed by atoms with Crippen molar-refractivity contribution in [3.63, 3.8) is 0 Å². The highest BCUT2D eigenvalue weighted by molar-refractivity contribution is 5.99. The molecular weight excluding hydrogens is 310 g/mol. The van der Waals surface area contributed by atoms with Gasteiger partial charge in [0.2, 0.25) is 0 Å². The Hall–Kier alpha value is -2.62. The van der Waals surface area contributed by atoms with Crippen LogP contribution >= 0.6 is 0 Å². The lowest BCUT2D eigenvalue weighted by molar-refractivity contribution is -0.119. The Morgan fingerprint density at radius 3 is 2.36 bits per heavy atom. The summed E-state index contributed by atoms with van der Waals surface area (Å²) in [5.74, 6) is -0.174. The second kappa shape index (κ2) is 7.97. The van der Waals surface area contributed by atoms with Crippen LogP contribution < -0.4 is 10.7 Å². The van der Waals surface area contributed by atoms with E-state index in [0.29, 0.717) is 0 Å². The lowest BCUT2D eigenvalue weighted by Crippen LogP contribution is -2.26. The van der Waals surface area contributed by atoms with E-state index in [1.54, 1.807) is 0 Å². The Kier molecular flexibility index (Phi) is 5.97. The standard InChI is InChI=1S/C21H27N3O/c1-15-7-6-8-19(13-15)22-14-20(25)24-23-16(2)17-9-11-18(12-10-17)21(3,4)5/h6-13,22H,14H2,1-5H3,(H,24,25)/b23-16+. The quantitative estimate of drug-likeness (QED) is 0.633. The average Bonchev–Trinajstić information content (AvgIpc) is 2.57. The minimum atomic E-state index is -0.174. The molecule has 0 aliphatic rings. The van der Waals surface area contributed by atoms with Gasteiger partial charge in [0.1, 0.15) is 0 Å². The van der Waals surface area contributed by atoms with Crippen molar-refractivity contribution >= 4 is 17.3 Å². The normalized spacial score (nSPS) is 12.0. The number of hydrogen-bond donors (Lipinski definition) is 2. The van der Waals surface area contributed by atoms with E-state index < -0.39 is 0 Å². The van der Waals surface area contributed by atoms with Crippen LogP contribution in [0.15, 0.2) is 53.6 Å². The second-order valence-electron chi connectivity index (χ2n) is 7.28. The third-order valence-electron chi connectivity index (χ3n) is 3.99. The zero-order chi connectivity index (χ0) is 18.4. The molecule has 2 aromatic rings. The first-order valence-corrected chi connectivity index (χ1v) is 8.50. The number of carbonyl (C=O) groups is 1. The van der Waals surface area contributed by atoms with E-state index >= 15 is 0 Å². The van der Waals surface area contributed by atoms with Crippen molar-refractivity contribution in [1.29, 1.82) is 0 Å². The fourth-order valence-corrected chi connectivity index (χ4v) is 2.40. The summed E-state index contributed by atoms with van der Waals surface area (Å²) in [6, 6.07) is 16.2. The summed E-state index contributed by atoms with van der Waals surface area (Å²) in [4.78, 5) is 11.9. The molecule has 2 aromatic carbocycles. The van der Waals surface area contributed by atoms with Crippen LogP contribution in [0.5, 0.6) is 0 Å². The van der Waals surface area contributed by atoms with Gasteiger partial charge in [0.15, 0.2) is 0 Å². The molecule has 0 saturated heterocycles. The average molecular weight is 337 g/mol. The lowest BCUT2D eigenvalue weighted by atomic mass is 9.86. The maximum atomic E-state index is 11.9. The monoisotopic (exact) mass is 337 g/mol. The zero-order valence-corrected chi connectivity index (χ0v) is 15.7. The number of nitrogens with zero attached hydrogens (tertiary/aromatic N) is 1. The van der Waals surface area contributed by atoms with Crippen LogP contribution in [0, 0.1) is 6.92 Å². The molecule has 0 aromatic heterocycles. The molecule has 4 heteroatoms. The molecule has 0 aliphatic heterocycles. The first-order valence-electron chi connectivity index (χ1n) is 8.50. The molecule has 0 bridgehead atoms. The number of amides is 1. The number of benzene rings is 2. The third-order valence-corrected chi connectivity index (χ3v) is 3.99. The number of aryl methyl sites for hydroxylation is 1. The Morgan fingerprint density at radius 1 is 1.08 bits per heavy atom. The van der Waals surface area contributed by atoms with Crippen molar-refractivity contribution in [2.75, 3.05) is 11.9 Å². The maximum Gasteiger partial charge on any atom is 0.259 e. The van der Waals surface area contributed by atoms with Crippen molar-refractivity contribution in [3.8, 4) is 0 Å². The van der Waals surface area contributed by atoms with Gasteiger partial charge in [0.05, 0.1) is 12.3 Å².